The number of carbonyl (C=O) groups excluding carboxylic acids is 2. The molecule has 0 aliphatic carbocycles. The lowest BCUT2D eigenvalue weighted by molar-refractivity contribution is 0.0887. The second-order valence-electron chi connectivity index (χ2n) is 8.85. The number of nitrogens with zero attached hydrogens (tertiary/aromatic N) is 3. The number of rotatable bonds is 6. The van der Waals surface area contributed by atoms with Gasteiger partial charge in [-0.1, -0.05) is 11.6 Å². The zero-order valence-electron chi connectivity index (χ0n) is 19.4. The van der Waals surface area contributed by atoms with Crippen molar-refractivity contribution in [3.05, 3.63) is 22.7 Å². The number of piperidine rings is 2. The fourth-order valence-electron chi connectivity index (χ4n) is 4.49. The summed E-state index contributed by atoms with van der Waals surface area (Å²) in [4.78, 5) is 31.3. The lowest BCUT2D eigenvalue weighted by atomic mass is 9.94. The molecule has 2 aliphatic heterocycles. The highest BCUT2D eigenvalue weighted by atomic mass is 35.5. The molecule has 0 aromatic heterocycles. The summed E-state index contributed by atoms with van der Waals surface area (Å²) in [5.74, 6) is 0.867. The van der Waals surface area contributed by atoms with Gasteiger partial charge in [0.05, 0.1) is 23.4 Å². The van der Waals surface area contributed by atoms with E-state index < -0.39 is 0 Å². The van der Waals surface area contributed by atoms with Crippen molar-refractivity contribution < 1.29 is 14.3 Å². The number of hydrogen-bond acceptors (Lipinski definition) is 5. The number of amides is 3. The standard InChI is InChI=1S/C23H36ClN5O3/c1-4-27(2)23(31)29-11-5-16(6-12-29)15-28-9-7-17(8-10-28)26-22(30)18-13-19(24)20(25)14-21(18)32-3/h13-14,16-17H,4-12,15,25H2,1-3H3,(H,26,30). The van der Waals surface area contributed by atoms with Gasteiger partial charge in [-0.15, -0.1) is 0 Å². The molecule has 3 rings (SSSR count). The van der Waals surface area contributed by atoms with Crippen LogP contribution in [0.4, 0.5) is 10.5 Å². The number of nitrogens with one attached hydrogen (secondary N) is 1. The van der Waals surface area contributed by atoms with Crippen LogP contribution in [-0.2, 0) is 0 Å². The Kier molecular flexibility index (Phi) is 8.48. The zero-order chi connectivity index (χ0) is 23.3. The summed E-state index contributed by atoms with van der Waals surface area (Å²) >= 11 is 6.10. The number of benzene rings is 1. The number of likely N-dealkylation sites (tertiary alicyclic amines) is 2. The molecule has 2 saturated heterocycles. The summed E-state index contributed by atoms with van der Waals surface area (Å²) in [7, 11) is 3.37. The van der Waals surface area contributed by atoms with E-state index >= 15 is 0 Å². The van der Waals surface area contributed by atoms with Crippen molar-refractivity contribution >= 4 is 29.2 Å². The predicted octanol–water partition coefficient (Wildman–Crippen LogP) is 2.91. The van der Waals surface area contributed by atoms with Crippen molar-refractivity contribution in [2.24, 2.45) is 5.92 Å². The average Bonchev–Trinajstić information content (AvgIpc) is 2.81. The highest BCUT2D eigenvalue weighted by Gasteiger charge is 2.28. The van der Waals surface area contributed by atoms with E-state index in [9.17, 15) is 9.59 Å². The summed E-state index contributed by atoms with van der Waals surface area (Å²) in [6, 6.07) is 3.42. The number of methoxy groups -OCH3 is 1. The molecule has 3 amide bonds. The van der Waals surface area contributed by atoms with E-state index in [2.05, 4.69) is 10.2 Å². The lowest BCUT2D eigenvalue weighted by Crippen LogP contribution is -2.48. The van der Waals surface area contributed by atoms with Gasteiger partial charge in [-0.2, -0.15) is 0 Å². The number of nitrogens with two attached hydrogens (primary N) is 1. The zero-order valence-corrected chi connectivity index (χ0v) is 20.2. The first-order valence-electron chi connectivity index (χ1n) is 11.5. The lowest BCUT2D eigenvalue weighted by Gasteiger charge is -2.38. The van der Waals surface area contributed by atoms with E-state index in [0.29, 0.717) is 27.9 Å². The average molecular weight is 466 g/mol. The van der Waals surface area contributed by atoms with Crippen LogP contribution in [0.3, 0.4) is 0 Å². The minimum Gasteiger partial charge on any atom is -0.496 e. The van der Waals surface area contributed by atoms with E-state index in [1.165, 1.54) is 7.11 Å². The van der Waals surface area contributed by atoms with Gasteiger partial charge < -0.3 is 30.5 Å². The van der Waals surface area contributed by atoms with Crippen LogP contribution in [0.5, 0.6) is 5.75 Å². The molecular weight excluding hydrogens is 430 g/mol. The maximum absolute atomic E-state index is 12.8. The molecular formula is C23H36ClN5O3. The third kappa shape index (κ3) is 5.98. The monoisotopic (exact) mass is 465 g/mol. The molecule has 0 bridgehead atoms. The van der Waals surface area contributed by atoms with Crippen molar-refractivity contribution in [3.63, 3.8) is 0 Å². The Balaban J connectivity index is 1.43. The molecule has 2 fully saturated rings. The normalized spacial score (nSPS) is 18.4. The summed E-state index contributed by atoms with van der Waals surface area (Å²) in [5.41, 5.74) is 6.61. The molecule has 0 unspecified atom stereocenters. The molecule has 1 aromatic rings. The molecule has 2 heterocycles. The van der Waals surface area contributed by atoms with Gasteiger partial charge >= 0.3 is 6.03 Å². The van der Waals surface area contributed by atoms with Crippen LogP contribution >= 0.6 is 11.6 Å². The van der Waals surface area contributed by atoms with E-state index in [1.807, 2.05) is 18.9 Å². The van der Waals surface area contributed by atoms with Crippen molar-refractivity contribution in [2.45, 2.75) is 38.6 Å². The van der Waals surface area contributed by atoms with E-state index in [4.69, 9.17) is 22.1 Å². The first-order chi connectivity index (χ1) is 15.3. The Morgan fingerprint density at radius 3 is 2.44 bits per heavy atom. The Morgan fingerprint density at radius 1 is 1.19 bits per heavy atom. The number of urea groups is 1. The summed E-state index contributed by atoms with van der Waals surface area (Å²) in [5, 5.41) is 3.47. The molecule has 2 aliphatic rings. The minimum absolute atomic E-state index is 0.129. The number of anilines is 1. The molecule has 0 atom stereocenters. The highest BCUT2D eigenvalue weighted by Crippen LogP contribution is 2.29. The van der Waals surface area contributed by atoms with Crippen LogP contribution < -0.4 is 15.8 Å². The van der Waals surface area contributed by atoms with Crippen molar-refractivity contribution in [1.29, 1.82) is 0 Å². The smallest absolute Gasteiger partial charge is 0.319 e. The molecule has 1 aromatic carbocycles. The van der Waals surface area contributed by atoms with Gasteiger partial charge in [0.25, 0.3) is 5.91 Å². The van der Waals surface area contributed by atoms with Gasteiger partial charge in [-0.25, -0.2) is 4.79 Å². The molecule has 0 radical (unpaired) electrons. The number of nitrogen functional groups attached to an aromatic ring is 1. The Morgan fingerprint density at radius 2 is 1.84 bits per heavy atom. The fraction of sp³-hybridized carbons (Fsp3) is 0.652. The van der Waals surface area contributed by atoms with Crippen LogP contribution in [0.1, 0.15) is 43.0 Å². The number of carbonyl (C=O) groups is 2. The summed E-state index contributed by atoms with van der Waals surface area (Å²) < 4.78 is 5.30. The van der Waals surface area contributed by atoms with Gasteiger partial charge in [0.2, 0.25) is 0 Å². The third-order valence-electron chi connectivity index (χ3n) is 6.69. The second-order valence-corrected chi connectivity index (χ2v) is 9.26. The fourth-order valence-corrected chi connectivity index (χ4v) is 4.65. The molecule has 3 N–H and O–H groups in total. The topological polar surface area (TPSA) is 91.1 Å². The van der Waals surface area contributed by atoms with E-state index in [0.717, 1.165) is 65.0 Å². The molecule has 9 heteroatoms. The minimum atomic E-state index is -0.184. The van der Waals surface area contributed by atoms with Crippen LogP contribution in [0.15, 0.2) is 12.1 Å². The van der Waals surface area contributed by atoms with Crippen LogP contribution in [0, 0.1) is 5.92 Å². The van der Waals surface area contributed by atoms with Crippen molar-refractivity contribution in [2.75, 3.05) is 59.2 Å². The van der Waals surface area contributed by atoms with Gasteiger partial charge in [0.15, 0.2) is 0 Å². The third-order valence-corrected chi connectivity index (χ3v) is 7.02. The molecule has 0 saturated carbocycles. The SMILES string of the molecule is CCN(C)C(=O)N1CCC(CN2CCC(NC(=O)c3cc(Cl)c(N)cc3OC)CC2)CC1. The van der Waals surface area contributed by atoms with Crippen molar-refractivity contribution in [1.82, 2.24) is 20.0 Å². The van der Waals surface area contributed by atoms with Gasteiger partial charge in [0, 0.05) is 58.4 Å². The number of hydrogen-bond donors (Lipinski definition) is 2. The summed E-state index contributed by atoms with van der Waals surface area (Å²) in [6.07, 6.45) is 3.93. The maximum Gasteiger partial charge on any atom is 0.319 e. The van der Waals surface area contributed by atoms with Gasteiger partial charge in [-0.05, 0) is 44.6 Å². The van der Waals surface area contributed by atoms with E-state index in [-0.39, 0.29) is 18.0 Å². The largest absolute Gasteiger partial charge is 0.496 e. The first-order valence-corrected chi connectivity index (χ1v) is 11.9. The molecule has 178 valence electrons. The van der Waals surface area contributed by atoms with Gasteiger partial charge in [0.1, 0.15) is 5.75 Å². The van der Waals surface area contributed by atoms with Crippen LogP contribution in [-0.4, -0.2) is 86.1 Å². The highest BCUT2D eigenvalue weighted by molar-refractivity contribution is 6.33. The summed E-state index contributed by atoms with van der Waals surface area (Å²) in [6.45, 7) is 7.40. The first kappa shape index (κ1) is 24.5. The Hall–Kier alpha value is -2.19. The number of ether oxygens (including phenoxy) is 1. The quantitative estimate of drug-likeness (QED) is 0.630. The van der Waals surface area contributed by atoms with Crippen molar-refractivity contribution in [3.8, 4) is 5.75 Å². The van der Waals surface area contributed by atoms with Gasteiger partial charge in [-0.3, -0.25) is 4.79 Å². The Labute approximate surface area is 196 Å². The molecule has 0 spiro atoms. The predicted molar refractivity (Wildman–Crippen MR) is 127 cm³/mol. The van der Waals surface area contributed by atoms with Crippen LogP contribution in [0.25, 0.3) is 0 Å². The molecule has 8 nitrogen and oxygen atoms in total. The Bertz CT molecular complexity index is 805. The van der Waals surface area contributed by atoms with E-state index in [1.54, 1.807) is 17.0 Å². The number of halogens is 1. The second kappa shape index (κ2) is 11.1. The maximum atomic E-state index is 12.8. The molecule has 32 heavy (non-hydrogen) atoms. The van der Waals surface area contributed by atoms with Crippen LogP contribution in [0.2, 0.25) is 5.02 Å².